The topological polar surface area (TPSA) is 8.17 Å². The molecule has 0 unspecified atom stereocenters. The van der Waals surface area contributed by atoms with Crippen LogP contribution in [0.15, 0.2) is 206 Å². The van der Waals surface area contributed by atoms with Gasteiger partial charge in [-0.15, -0.1) is 0 Å². The Morgan fingerprint density at radius 1 is 0.283 bits per heavy atom. The first kappa shape index (κ1) is 34.6. The van der Waals surface area contributed by atoms with Crippen molar-refractivity contribution in [2.45, 2.75) is 25.7 Å². The van der Waals surface area contributed by atoms with E-state index in [4.69, 9.17) is 0 Å². The van der Waals surface area contributed by atoms with Gasteiger partial charge in [-0.3, -0.25) is 0 Å². The molecular formula is C58H42N2. The highest BCUT2D eigenvalue weighted by molar-refractivity contribution is 6.11. The molecule has 284 valence electrons. The van der Waals surface area contributed by atoms with Gasteiger partial charge in [0.2, 0.25) is 0 Å². The van der Waals surface area contributed by atoms with Crippen LogP contribution in [0.3, 0.4) is 0 Å². The average molecular weight is 767 g/mol. The van der Waals surface area contributed by atoms with Crippen molar-refractivity contribution in [2.24, 2.45) is 0 Å². The van der Waals surface area contributed by atoms with Gasteiger partial charge in [0.1, 0.15) is 0 Å². The summed E-state index contributed by atoms with van der Waals surface area (Å²) in [4.78, 5) is 2.39. The van der Waals surface area contributed by atoms with Gasteiger partial charge in [-0.25, -0.2) is 0 Å². The van der Waals surface area contributed by atoms with Gasteiger partial charge < -0.3 is 9.47 Å². The molecule has 0 saturated carbocycles. The molecule has 1 heterocycles. The minimum Gasteiger partial charge on any atom is -0.310 e. The summed E-state index contributed by atoms with van der Waals surface area (Å²) in [6.45, 7) is 0. The number of hydrogen-bond donors (Lipinski definition) is 0. The van der Waals surface area contributed by atoms with E-state index in [0.717, 1.165) is 17.1 Å². The van der Waals surface area contributed by atoms with Crippen molar-refractivity contribution >= 4 is 38.9 Å². The predicted octanol–water partition coefficient (Wildman–Crippen LogP) is 15.1. The number of nitrogens with zero attached hydrogens (tertiary/aromatic N) is 2. The summed E-state index contributed by atoms with van der Waals surface area (Å²) in [5.74, 6) is 0. The van der Waals surface area contributed by atoms with E-state index in [1.165, 1.54) is 120 Å². The van der Waals surface area contributed by atoms with Crippen molar-refractivity contribution in [3.8, 4) is 50.2 Å². The largest absolute Gasteiger partial charge is 0.310 e. The Morgan fingerprint density at radius 2 is 0.733 bits per heavy atom. The van der Waals surface area contributed by atoms with E-state index in [9.17, 15) is 0 Å². The molecule has 0 radical (unpaired) electrons. The number of rotatable bonds is 8. The number of para-hydroxylation sites is 1. The molecule has 10 aromatic rings. The Balaban J connectivity index is 1.02. The number of aromatic nitrogens is 1. The molecule has 2 heteroatoms. The van der Waals surface area contributed by atoms with Crippen LogP contribution in [0.25, 0.3) is 72.0 Å². The number of benzene rings is 9. The van der Waals surface area contributed by atoms with Crippen LogP contribution in [0.5, 0.6) is 0 Å². The second-order valence-corrected chi connectivity index (χ2v) is 16.5. The van der Waals surface area contributed by atoms with Crippen LogP contribution >= 0.6 is 0 Å². The first-order valence-corrected chi connectivity index (χ1v) is 21.2. The molecule has 12 rings (SSSR count). The summed E-state index contributed by atoms with van der Waals surface area (Å²) in [7, 11) is 0. The SMILES string of the molecule is c1ccc(-c2ccc(N(c3ccc(-c4ccccc4)cc3)c3ccc4c(c3)c3ccccc3n4-c3cc(-c4ccc5c(c4)CC5)cc(-c4ccc5c(c4)CC5)c3)cc2)cc1. The van der Waals surface area contributed by atoms with Gasteiger partial charge in [-0.1, -0.05) is 140 Å². The highest BCUT2D eigenvalue weighted by Gasteiger charge is 2.21. The van der Waals surface area contributed by atoms with Crippen LogP contribution in [0.2, 0.25) is 0 Å². The lowest BCUT2D eigenvalue weighted by Crippen LogP contribution is -2.10. The second kappa shape index (κ2) is 14.1. The lowest BCUT2D eigenvalue weighted by molar-refractivity contribution is 0.840. The summed E-state index contributed by atoms with van der Waals surface area (Å²) >= 11 is 0. The van der Waals surface area contributed by atoms with Gasteiger partial charge in [0.15, 0.2) is 0 Å². The lowest BCUT2D eigenvalue weighted by atomic mass is 9.84. The van der Waals surface area contributed by atoms with Crippen LogP contribution in [0.4, 0.5) is 17.1 Å². The van der Waals surface area contributed by atoms with Gasteiger partial charge in [-0.05, 0) is 159 Å². The number of aryl methyl sites for hydroxylation is 4. The molecule has 2 aliphatic carbocycles. The monoisotopic (exact) mass is 766 g/mol. The zero-order valence-corrected chi connectivity index (χ0v) is 33.4. The molecule has 0 amide bonds. The van der Waals surface area contributed by atoms with Crippen LogP contribution in [0.1, 0.15) is 22.3 Å². The Hall–Kier alpha value is -7.42. The van der Waals surface area contributed by atoms with E-state index in [0.29, 0.717) is 0 Å². The molecule has 0 aliphatic heterocycles. The summed E-state index contributed by atoms with van der Waals surface area (Å²) in [5, 5.41) is 2.46. The van der Waals surface area contributed by atoms with Crippen molar-refractivity contribution in [1.29, 1.82) is 0 Å². The van der Waals surface area contributed by atoms with E-state index in [1.54, 1.807) is 0 Å². The molecule has 0 bridgehead atoms. The molecule has 0 saturated heterocycles. The third kappa shape index (κ3) is 5.95. The average Bonchev–Trinajstić information content (AvgIpc) is 3.62. The summed E-state index contributed by atoms with van der Waals surface area (Å²) < 4.78 is 2.48. The van der Waals surface area contributed by atoms with Crippen LogP contribution < -0.4 is 4.90 Å². The Morgan fingerprint density at radius 3 is 1.25 bits per heavy atom. The first-order chi connectivity index (χ1) is 29.7. The fourth-order valence-corrected chi connectivity index (χ4v) is 9.52. The van der Waals surface area contributed by atoms with Crippen LogP contribution in [-0.2, 0) is 25.7 Å². The standard InChI is InChI=1S/C58H42N2/c1-3-9-39(10-4-1)41-23-27-51(28-24-41)59(52-29-25-42(26-30-52)40-11-5-2-6-12-40)53-31-32-58-56(38-53)55-13-7-8-14-57(55)60(58)54-36-49(47-21-17-43-15-19-45(43)33-47)35-50(37-54)48-22-18-44-16-20-46(44)34-48/h1-14,17-18,21-38H,15-16,19-20H2. The van der Waals surface area contributed by atoms with E-state index in [1.807, 2.05) is 0 Å². The van der Waals surface area contributed by atoms with Crippen LogP contribution in [0, 0.1) is 0 Å². The summed E-state index contributed by atoms with van der Waals surface area (Å²) in [5.41, 5.74) is 22.8. The van der Waals surface area contributed by atoms with Gasteiger partial charge >= 0.3 is 0 Å². The Bertz CT molecular complexity index is 3070. The molecular weight excluding hydrogens is 725 g/mol. The van der Waals surface area contributed by atoms with Gasteiger partial charge in [0.25, 0.3) is 0 Å². The fourth-order valence-electron chi connectivity index (χ4n) is 9.52. The van der Waals surface area contributed by atoms with Crippen molar-refractivity contribution in [1.82, 2.24) is 4.57 Å². The minimum atomic E-state index is 1.11. The van der Waals surface area contributed by atoms with Crippen LogP contribution in [-0.4, -0.2) is 4.57 Å². The maximum absolute atomic E-state index is 2.48. The highest BCUT2D eigenvalue weighted by atomic mass is 15.1. The maximum atomic E-state index is 2.48. The fraction of sp³-hybridized carbons (Fsp3) is 0.0690. The number of fused-ring (bicyclic) bond motifs is 5. The third-order valence-corrected chi connectivity index (χ3v) is 13.0. The van der Waals surface area contributed by atoms with Crippen molar-refractivity contribution in [2.75, 3.05) is 4.90 Å². The number of hydrogen-bond acceptors (Lipinski definition) is 1. The lowest BCUT2D eigenvalue weighted by Gasteiger charge is -2.26. The van der Waals surface area contributed by atoms with Gasteiger partial charge in [0, 0.05) is 33.5 Å². The first-order valence-electron chi connectivity index (χ1n) is 21.2. The Kier molecular flexibility index (Phi) is 8.16. The normalized spacial score (nSPS) is 12.7. The summed E-state index contributed by atoms with van der Waals surface area (Å²) in [6, 6.07) is 76.5. The third-order valence-electron chi connectivity index (χ3n) is 13.0. The van der Waals surface area contributed by atoms with Crippen molar-refractivity contribution < 1.29 is 0 Å². The van der Waals surface area contributed by atoms with E-state index < -0.39 is 0 Å². The molecule has 9 aromatic carbocycles. The highest BCUT2D eigenvalue weighted by Crippen LogP contribution is 2.42. The van der Waals surface area contributed by atoms with E-state index in [-0.39, 0.29) is 0 Å². The molecule has 0 N–H and O–H groups in total. The molecule has 2 nitrogen and oxygen atoms in total. The van der Waals surface area contributed by atoms with Gasteiger partial charge in [0.05, 0.1) is 11.0 Å². The van der Waals surface area contributed by atoms with E-state index in [2.05, 4.69) is 216 Å². The summed E-state index contributed by atoms with van der Waals surface area (Å²) in [6.07, 6.45) is 4.71. The maximum Gasteiger partial charge on any atom is 0.0542 e. The zero-order chi connectivity index (χ0) is 39.6. The molecule has 0 fully saturated rings. The van der Waals surface area contributed by atoms with Crippen molar-refractivity contribution in [3.63, 3.8) is 0 Å². The molecule has 1 aromatic heterocycles. The Labute approximate surface area is 351 Å². The zero-order valence-electron chi connectivity index (χ0n) is 33.4. The van der Waals surface area contributed by atoms with Gasteiger partial charge in [-0.2, -0.15) is 0 Å². The quantitative estimate of drug-likeness (QED) is 0.150. The second-order valence-electron chi connectivity index (χ2n) is 16.5. The molecule has 2 aliphatic rings. The predicted molar refractivity (Wildman–Crippen MR) is 252 cm³/mol. The molecule has 60 heavy (non-hydrogen) atoms. The van der Waals surface area contributed by atoms with Crippen molar-refractivity contribution in [3.05, 3.63) is 229 Å². The molecule has 0 atom stereocenters. The minimum absolute atomic E-state index is 1.11. The van der Waals surface area contributed by atoms with E-state index >= 15 is 0 Å². The number of anilines is 3. The smallest absolute Gasteiger partial charge is 0.0542 e. The molecule has 0 spiro atoms.